The Kier molecular flexibility index (Phi) is 5.84. The third kappa shape index (κ3) is 4.61. The maximum Gasteiger partial charge on any atom is 0.351 e. The second kappa shape index (κ2) is 8.30. The Morgan fingerprint density at radius 1 is 1.18 bits per heavy atom. The van der Waals surface area contributed by atoms with Crippen molar-refractivity contribution in [3.8, 4) is 5.69 Å². The van der Waals surface area contributed by atoms with Crippen LogP contribution < -0.4 is 0 Å². The number of ether oxygens (including phenoxy) is 1. The van der Waals surface area contributed by atoms with Crippen LogP contribution in [0.1, 0.15) is 36.0 Å². The number of benzene rings is 1. The third-order valence-corrected chi connectivity index (χ3v) is 4.93. The lowest BCUT2D eigenvalue weighted by atomic mass is 10.0. The van der Waals surface area contributed by atoms with Gasteiger partial charge >= 0.3 is 5.97 Å². The Labute approximate surface area is 166 Å². The Bertz CT molecular complexity index is 932. The highest BCUT2D eigenvalue weighted by Crippen LogP contribution is 2.22. The summed E-state index contributed by atoms with van der Waals surface area (Å²) in [5, 5.41) is 12.7. The fraction of sp³-hybridized carbons (Fsp3) is 0.316. The molecule has 0 bridgehead atoms. The van der Waals surface area contributed by atoms with Crippen molar-refractivity contribution in [1.29, 1.82) is 0 Å². The molecule has 8 nitrogen and oxygen atoms in total. The molecule has 0 aliphatic heterocycles. The molecule has 2 aromatic heterocycles. The summed E-state index contributed by atoms with van der Waals surface area (Å²) >= 11 is 1.21. The molecule has 0 saturated heterocycles. The summed E-state index contributed by atoms with van der Waals surface area (Å²) < 4.78 is 6.68. The molecule has 3 rings (SSSR count). The highest BCUT2D eigenvalue weighted by molar-refractivity contribution is 7.12. The molecule has 0 radical (unpaired) electrons. The first-order valence-corrected chi connectivity index (χ1v) is 9.56. The number of thiophene rings is 1. The predicted molar refractivity (Wildman–Crippen MR) is 104 cm³/mol. The van der Waals surface area contributed by atoms with E-state index < -0.39 is 11.5 Å². The molecule has 0 aliphatic rings. The molecular weight excluding hydrogens is 378 g/mol. The number of aromatic nitrogens is 4. The summed E-state index contributed by atoms with van der Waals surface area (Å²) in [6.07, 6.45) is 1.39. The first-order valence-electron chi connectivity index (χ1n) is 8.68. The van der Waals surface area contributed by atoms with Gasteiger partial charge in [-0.25, -0.2) is 4.79 Å². The van der Waals surface area contributed by atoms with Crippen molar-refractivity contribution in [3.05, 3.63) is 58.5 Å². The highest BCUT2D eigenvalue weighted by Gasteiger charge is 2.28. The van der Waals surface area contributed by atoms with Crippen LogP contribution in [0.2, 0.25) is 0 Å². The number of hydrogen-bond donors (Lipinski definition) is 0. The van der Waals surface area contributed by atoms with Crippen LogP contribution in [-0.2, 0) is 16.1 Å². The van der Waals surface area contributed by atoms with Crippen molar-refractivity contribution in [3.63, 3.8) is 0 Å². The van der Waals surface area contributed by atoms with Crippen LogP contribution >= 0.6 is 11.3 Å². The molecule has 0 N–H and O–H groups in total. The topological polar surface area (TPSA) is 90.2 Å². The summed E-state index contributed by atoms with van der Waals surface area (Å²) in [4.78, 5) is 27.3. The molecule has 9 heteroatoms. The number of hydrogen-bond acceptors (Lipinski definition) is 7. The smallest absolute Gasteiger partial charge is 0.351 e. The average Bonchev–Trinajstić information content (AvgIpc) is 3.34. The van der Waals surface area contributed by atoms with Crippen LogP contribution in [0.5, 0.6) is 0 Å². The van der Waals surface area contributed by atoms with Gasteiger partial charge in [-0.1, -0.05) is 30.3 Å². The molecule has 1 aromatic carbocycles. The molecule has 0 unspecified atom stereocenters. The van der Waals surface area contributed by atoms with E-state index in [1.54, 1.807) is 16.3 Å². The highest BCUT2D eigenvalue weighted by atomic mass is 32.1. The zero-order chi connectivity index (χ0) is 20.1. The number of nitrogens with zero attached hydrogens (tertiary/aromatic N) is 5. The van der Waals surface area contributed by atoms with Gasteiger partial charge in [0.25, 0.3) is 5.91 Å². The van der Waals surface area contributed by atoms with Crippen molar-refractivity contribution in [1.82, 2.24) is 25.1 Å². The van der Waals surface area contributed by atoms with E-state index in [4.69, 9.17) is 4.74 Å². The van der Waals surface area contributed by atoms with Gasteiger partial charge in [0.1, 0.15) is 11.2 Å². The number of esters is 1. The van der Waals surface area contributed by atoms with Gasteiger partial charge in [-0.3, -0.25) is 4.79 Å². The van der Waals surface area contributed by atoms with Crippen LogP contribution in [0.25, 0.3) is 5.69 Å². The quantitative estimate of drug-likeness (QED) is 0.592. The largest absolute Gasteiger partial charge is 0.451 e. The lowest BCUT2D eigenvalue weighted by Crippen LogP contribution is -2.46. The van der Waals surface area contributed by atoms with Crippen molar-refractivity contribution < 1.29 is 14.3 Å². The summed E-state index contributed by atoms with van der Waals surface area (Å²) in [6.45, 7) is 5.95. The van der Waals surface area contributed by atoms with Gasteiger partial charge in [-0.15, -0.1) is 16.4 Å². The molecule has 0 fully saturated rings. The van der Waals surface area contributed by atoms with E-state index in [1.807, 2.05) is 51.1 Å². The second-order valence-corrected chi connectivity index (χ2v) is 8.02. The minimum atomic E-state index is -0.581. The van der Waals surface area contributed by atoms with Gasteiger partial charge in [0.2, 0.25) is 0 Å². The molecule has 0 aliphatic carbocycles. The molecular formula is C19H21N5O3S. The molecule has 0 atom stereocenters. The molecule has 3 aromatic rings. The number of rotatable bonds is 6. The molecule has 2 heterocycles. The molecule has 1 amide bonds. The summed E-state index contributed by atoms with van der Waals surface area (Å²) in [5.41, 5.74) is 1.11. The predicted octanol–water partition coefficient (Wildman–Crippen LogP) is 2.71. The SMILES string of the molecule is CC(C)(C)N(Cc1ccccc1)C(=O)COC(=O)c1sccc1-n1cnnn1. The van der Waals surface area contributed by atoms with Gasteiger partial charge in [-0.2, -0.15) is 4.68 Å². The van der Waals surface area contributed by atoms with Crippen LogP contribution in [0.4, 0.5) is 0 Å². The Morgan fingerprint density at radius 3 is 2.57 bits per heavy atom. The zero-order valence-electron chi connectivity index (χ0n) is 15.9. The van der Waals surface area contributed by atoms with Gasteiger partial charge < -0.3 is 9.64 Å². The first kappa shape index (κ1) is 19.7. The van der Waals surface area contributed by atoms with Crippen molar-refractivity contribution in [2.75, 3.05) is 6.61 Å². The normalized spacial score (nSPS) is 11.2. The Balaban J connectivity index is 1.68. The molecule has 0 spiro atoms. The van der Waals surface area contributed by atoms with E-state index in [9.17, 15) is 9.59 Å². The van der Waals surface area contributed by atoms with Crippen molar-refractivity contribution in [2.45, 2.75) is 32.9 Å². The van der Waals surface area contributed by atoms with Gasteiger partial charge in [0, 0.05) is 12.1 Å². The van der Waals surface area contributed by atoms with E-state index in [0.29, 0.717) is 17.1 Å². The number of tetrazole rings is 1. The fourth-order valence-electron chi connectivity index (χ4n) is 2.64. The van der Waals surface area contributed by atoms with Crippen molar-refractivity contribution in [2.24, 2.45) is 0 Å². The van der Waals surface area contributed by atoms with E-state index in [1.165, 1.54) is 22.3 Å². The first-order chi connectivity index (χ1) is 13.4. The Morgan fingerprint density at radius 2 is 1.93 bits per heavy atom. The lowest BCUT2D eigenvalue weighted by molar-refractivity contribution is -0.140. The summed E-state index contributed by atoms with van der Waals surface area (Å²) in [5.74, 6) is -0.840. The van der Waals surface area contributed by atoms with E-state index in [2.05, 4.69) is 15.5 Å². The monoisotopic (exact) mass is 399 g/mol. The van der Waals surface area contributed by atoms with Gasteiger partial charge in [0.05, 0.1) is 5.69 Å². The molecule has 0 saturated carbocycles. The summed E-state index contributed by atoms with van der Waals surface area (Å²) in [7, 11) is 0. The molecule has 28 heavy (non-hydrogen) atoms. The van der Waals surface area contributed by atoms with Crippen LogP contribution in [-0.4, -0.2) is 49.1 Å². The lowest BCUT2D eigenvalue weighted by Gasteiger charge is -2.35. The third-order valence-electron chi connectivity index (χ3n) is 4.05. The minimum Gasteiger partial charge on any atom is -0.451 e. The maximum atomic E-state index is 12.8. The summed E-state index contributed by atoms with van der Waals surface area (Å²) in [6, 6.07) is 11.4. The number of carbonyl (C=O) groups is 2. The number of amides is 1. The van der Waals surface area contributed by atoms with Crippen LogP contribution in [0.15, 0.2) is 48.1 Å². The molecule has 146 valence electrons. The zero-order valence-corrected chi connectivity index (χ0v) is 16.7. The van der Waals surface area contributed by atoms with E-state index >= 15 is 0 Å². The Hall–Kier alpha value is -3.07. The van der Waals surface area contributed by atoms with Gasteiger partial charge in [0.15, 0.2) is 6.61 Å². The maximum absolute atomic E-state index is 12.8. The minimum absolute atomic E-state index is 0.259. The standard InChI is InChI=1S/C19H21N5O3S/c1-19(2,3)23(11-14-7-5-4-6-8-14)16(25)12-27-18(26)17-15(9-10-28-17)24-13-20-21-22-24/h4-10,13H,11-12H2,1-3H3. The van der Waals surface area contributed by atoms with E-state index in [-0.39, 0.29) is 12.5 Å². The van der Waals surface area contributed by atoms with Crippen LogP contribution in [0, 0.1) is 0 Å². The second-order valence-electron chi connectivity index (χ2n) is 7.10. The fourth-order valence-corrected chi connectivity index (χ4v) is 3.41. The van der Waals surface area contributed by atoms with Gasteiger partial charge in [-0.05, 0) is 48.2 Å². The van der Waals surface area contributed by atoms with Crippen molar-refractivity contribution >= 4 is 23.2 Å². The number of carbonyl (C=O) groups excluding carboxylic acids is 2. The van der Waals surface area contributed by atoms with E-state index in [0.717, 1.165) is 5.56 Å². The van der Waals surface area contributed by atoms with Crippen LogP contribution in [0.3, 0.4) is 0 Å². The average molecular weight is 399 g/mol.